The molecule has 1 heterocycles. The van der Waals surface area contributed by atoms with Gasteiger partial charge in [-0.1, -0.05) is 18.2 Å². The van der Waals surface area contributed by atoms with E-state index in [4.69, 9.17) is 9.47 Å². The van der Waals surface area contributed by atoms with Crippen LogP contribution in [0.3, 0.4) is 0 Å². The second-order valence-electron chi connectivity index (χ2n) is 6.98. The van der Waals surface area contributed by atoms with Crippen molar-refractivity contribution in [3.8, 4) is 11.5 Å². The number of nitrogens with zero attached hydrogens (tertiary/aromatic N) is 2. The third kappa shape index (κ3) is 5.64. The zero-order valence-corrected chi connectivity index (χ0v) is 17.4. The molecule has 2 N–H and O–H groups in total. The number of carbonyl (C=O) groups excluding carboxylic acids is 2. The minimum Gasteiger partial charge on any atom is -0.497 e. The van der Waals surface area contributed by atoms with E-state index < -0.39 is 5.91 Å². The molecule has 1 aliphatic rings. The zero-order valence-electron chi connectivity index (χ0n) is 17.4. The van der Waals surface area contributed by atoms with Crippen LogP contribution in [0.1, 0.15) is 16.8 Å². The van der Waals surface area contributed by atoms with Crippen LogP contribution in [0.2, 0.25) is 0 Å². The van der Waals surface area contributed by atoms with Crippen LogP contribution in [-0.2, 0) is 4.79 Å². The molecule has 0 unspecified atom stereocenters. The van der Waals surface area contributed by atoms with Crippen LogP contribution < -0.4 is 25.2 Å². The van der Waals surface area contributed by atoms with E-state index in [0.29, 0.717) is 30.0 Å². The second kappa shape index (κ2) is 10.5. The Labute approximate surface area is 176 Å². The van der Waals surface area contributed by atoms with Crippen molar-refractivity contribution in [2.24, 2.45) is 0 Å². The number of hydrogen-bond acceptors (Lipinski definition) is 6. The average Bonchev–Trinajstić information content (AvgIpc) is 2.81. The molecule has 0 aromatic heterocycles. The van der Waals surface area contributed by atoms with Crippen molar-refractivity contribution in [3.63, 3.8) is 0 Å². The van der Waals surface area contributed by atoms with E-state index in [-0.39, 0.29) is 5.91 Å². The molecule has 1 fully saturated rings. The number of carbonyl (C=O) groups is 2. The van der Waals surface area contributed by atoms with E-state index in [0.717, 1.165) is 26.2 Å². The molecule has 2 aromatic rings. The summed E-state index contributed by atoms with van der Waals surface area (Å²) in [4.78, 5) is 29.1. The summed E-state index contributed by atoms with van der Waals surface area (Å²) in [5, 5.41) is 0. The SMILES string of the molecule is COc1ccc(C(=O)NNC(=O)CCN2CCN(c3ccccc3)CC2)c(OC)c1. The number of ether oxygens (including phenoxy) is 2. The number of benzene rings is 2. The van der Waals surface area contributed by atoms with Gasteiger partial charge >= 0.3 is 0 Å². The summed E-state index contributed by atoms with van der Waals surface area (Å²) in [5.41, 5.74) is 6.46. The molecule has 1 saturated heterocycles. The molecule has 2 amide bonds. The number of nitrogens with one attached hydrogen (secondary N) is 2. The summed E-state index contributed by atoms with van der Waals surface area (Å²) < 4.78 is 10.3. The van der Waals surface area contributed by atoms with Crippen molar-refractivity contribution in [2.45, 2.75) is 6.42 Å². The average molecular weight is 412 g/mol. The lowest BCUT2D eigenvalue weighted by atomic mass is 10.2. The van der Waals surface area contributed by atoms with Crippen LogP contribution in [0.5, 0.6) is 11.5 Å². The number of amides is 2. The number of para-hydroxylation sites is 1. The van der Waals surface area contributed by atoms with E-state index in [1.807, 2.05) is 18.2 Å². The lowest BCUT2D eigenvalue weighted by Gasteiger charge is -2.36. The first-order chi connectivity index (χ1) is 14.6. The third-order valence-corrected chi connectivity index (χ3v) is 5.12. The minimum atomic E-state index is -0.445. The van der Waals surface area contributed by atoms with Crippen LogP contribution in [0.4, 0.5) is 5.69 Å². The minimum absolute atomic E-state index is 0.235. The summed E-state index contributed by atoms with van der Waals surface area (Å²) in [5.74, 6) is 0.276. The molecule has 1 aliphatic heterocycles. The molecule has 8 heteroatoms. The van der Waals surface area contributed by atoms with Crippen LogP contribution in [-0.4, -0.2) is 63.7 Å². The summed E-state index contributed by atoms with van der Waals surface area (Å²) in [6.07, 6.45) is 0.311. The Morgan fingerprint density at radius 1 is 0.933 bits per heavy atom. The van der Waals surface area contributed by atoms with Crippen LogP contribution in [0, 0.1) is 0 Å². The fourth-order valence-electron chi connectivity index (χ4n) is 3.37. The van der Waals surface area contributed by atoms with Gasteiger partial charge in [-0.25, -0.2) is 0 Å². The molecule has 0 spiro atoms. The summed E-state index contributed by atoms with van der Waals surface area (Å²) >= 11 is 0. The molecule has 30 heavy (non-hydrogen) atoms. The largest absolute Gasteiger partial charge is 0.497 e. The van der Waals surface area contributed by atoms with Gasteiger partial charge in [-0.3, -0.25) is 25.3 Å². The Hall–Kier alpha value is -3.26. The maximum Gasteiger partial charge on any atom is 0.273 e. The maximum atomic E-state index is 12.3. The predicted octanol–water partition coefficient (Wildman–Crippen LogP) is 1.68. The van der Waals surface area contributed by atoms with Crippen LogP contribution >= 0.6 is 0 Å². The highest BCUT2D eigenvalue weighted by Gasteiger charge is 2.18. The van der Waals surface area contributed by atoms with Gasteiger partial charge in [0.15, 0.2) is 0 Å². The van der Waals surface area contributed by atoms with Gasteiger partial charge in [0.1, 0.15) is 11.5 Å². The number of piperazine rings is 1. The highest BCUT2D eigenvalue weighted by molar-refractivity contribution is 5.98. The molecule has 0 bridgehead atoms. The van der Waals surface area contributed by atoms with Gasteiger partial charge in [0, 0.05) is 50.9 Å². The molecule has 160 valence electrons. The van der Waals surface area contributed by atoms with Crippen molar-refractivity contribution in [2.75, 3.05) is 51.8 Å². The lowest BCUT2D eigenvalue weighted by Crippen LogP contribution is -2.48. The summed E-state index contributed by atoms with van der Waals surface area (Å²) in [6, 6.07) is 15.2. The van der Waals surface area contributed by atoms with Crippen molar-refractivity contribution < 1.29 is 19.1 Å². The van der Waals surface area contributed by atoms with Gasteiger partial charge in [0.25, 0.3) is 5.91 Å². The van der Waals surface area contributed by atoms with Gasteiger partial charge in [-0.15, -0.1) is 0 Å². The molecule has 0 atom stereocenters. The quantitative estimate of drug-likeness (QED) is 0.674. The number of hydrazine groups is 1. The van der Waals surface area contributed by atoms with Gasteiger partial charge in [0.05, 0.1) is 19.8 Å². The first kappa shape index (κ1) is 21.4. The highest BCUT2D eigenvalue weighted by Crippen LogP contribution is 2.24. The number of rotatable bonds is 7. The summed E-state index contributed by atoms with van der Waals surface area (Å²) in [7, 11) is 3.01. The van der Waals surface area contributed by atoms with E-state index in [9.17, 15) is 9.59 Å². The highest BCUT2D eigenvalue weighted by atomic mass is 16.5. The van der Waals surface area contributed by atoms with E-state index >= 15 is 0 Å². The Bertz CT molecular complexity index is 851. The van der Waals surface area contributed by atoms with Gasteiger partial charge < -0.3 is 14.4 Å². The van der Waals surface area contributed by atoms with Crippen molar-refractivity contribution >= 4 is 17.5 Å². The van der Waals surface area contributed by atoms with Gasteiger partial charge in [-0.2, -0.15) is 0 Å². The molecule has 0 radical (unpaired) electrons. The number of methoxy groups -OCH3 is 2. The van der Waals surface area contributed by atoms with E-state index in [1.54, 1.807) is 18.2 Å². The number of hydrogen-bond donors (Lipinski definition) is 2. The van der Waals surface area contributed by atoms with Crippen LogP contribution in [0.15, 0.2) is 48.5 Å². The Kier molecular flexibility index (Phi) is 7.51. The topological polar surface area (TPSA) is 83.1 Å². The Morgan fingerprint density at radius 3 is 2.33 bits per heavy atom. The molecule has 3 rings (SSSR count). The molecule has 0 aliphatic carbocycles. The lowest BCUT2D eigenvalue weighted by molar-refractivity contribution is -0.122. The van der Waals surface area contributed by atoms with Gasteiger partial charge in [-0.05, 0) is 24.3 Å². The zero-order chi connectivity index (χ0) is 21.3. The molecular formula is C22H28N4O4. The fourth-order valence-corrected chi connectivity index (χ4v) is 3.37. The van der Waals surface area contributed by atoms with Crippen LogP contribution in [0.25, 0.3) is 0 Å². The molecular weight excluding hydrogens is 384 g/mol. The van der Waals surface area contributed by atoms with Crippen molar-refractivity contribution in [1.82, 2.24) is 15.8 Å². The first-order valence-electron chi connectivity index (χ1n) is 9.94. The second-order valence-corrected chi connectivity index (χ2v) is 6.98. The fraction of sp³-hybridized carbons (Fsp3) is 0.364. The maximum absolute atomic E-state index is 12.3. The monoisotopic (exact) mass is 412 g/mol. The first-order valence-corrected chi connectivity index (χ1v) is 9.94. The predicted molar refractivity (Wildman–Crippen MR) is 115 cm³/mol. The van der Waals surface area contributed by atoms with Gasteiger partial charge in [0.2, 0.25) is 5.91 Å². The summed E-state index contributed by atoms with van der Waals surface area (Å²) in [6.45, 7) is 4.31. The van der Waals surface area contributed by atoms with E-state index in [1.165, 1.54) is 19.9 Å². The Morgan fingerprint density at radius 2 is 1.67 bits per heavy atom. The smallest absolute Gasteiger partial charge is 0.273 e. The molecule has 8 nitrogen and oxygen atoms in total. The molecule has 2 aromatic carbocycles. The van der Waals surface area contributed by atoms with Crippen molar-refractivity contribution in [1.29, 1.82) is 0 Å². The third-order valence-electron chi connectivity index (χ3n) is 5.12. The standard InChI is InChI=1S/C22H28N4O4/c1-29-18-8-9-19(20(16-18)30-2)22(28)24-23-21(27)10-11-25-12-14-26(15-13-25)17-6-4-3-5-7-17/h3-9,16H,10-15H2,1-2H3,(H,23,27)(H,24,28). The van der Waals surface area contributed by atoms with Crippen molar-refractivity contribution in [3.05, 3.63) is 54.1 Å². The molecule has 0 saturated carbocycles. The Balaban J connectivity index is 1.40. The number of anilines is 1. The van der Waals surface area contributed by atoms with E-state index in [2.05, 4.69) is 32.8 Å². The normalized spacial score (nSPS) is 14.1.